The molecule has 2 aromatic carbocycles. The van der Waals surface area contributed by atoms with Gasteiger partial charge in [-0.25, -0.2) is 22.2 Å². The lowest BCUT2D eigenvalue weighted by Gasteiger charge is -2.32. The summed E-state index contributed by atoms with van der Waals surface area (Å²) in [6, 6.07) is 11.8. The van der Waals surface area contributed by atoms with Crippen LogP contribution in [-0.2, 0) is 28.3 Å². The molecule has 1 aliphatic rings. The average molecular weight is 595 g/mol. The van der Waals surface area contributed by atoms with E-state index in [1.54, 1.807) is 37.4 Å². The number of carbonyl (C=O) groups excluding carboxylic acids is 1. The van der Waals surface area contributed by atoms with Crippen molar-refractivity contribution in [2.24, 2.45) is 12.8 Å². The van der Waals surface area contributed by atoms with Crippen LogP contribution in [0, 0.1) is 23.5 Å². The number of pyridine rings is 1. The number of aromatic nitrogens is 3. The zero-order valence-electron chi connectivity index (χ0n) is 22.8. The lowest BCUT2D eigenvalue weighted by atomic mass is 9.87. The van der Waals surface area contributed by atoms with Gasteiger partial charge in [0, 0.05) is 55.1 Å². The van der Waals surface area contributed by atoms with E-state index in [9.17, 15) is 27.1 Å². The van der Waals surface area contributed by atoms with Crippen molar-refractivity contribution in [1.29, 1.82) is 0 Å². The number of hydrogen-bond acceptors (Lipinski definition) is 7. The number of carbonyl (C=O) groups is 1. The number of amides is 1. The minimum absolute atomic E-state index is 0.0323. The highest BCUT2D eigenvalue weighted by Crippen LogP contribution is 2.38. The summed E-state index contributed by atoms with van der Waals surface area (Å²) in [5, 5.41) is 18.3. The molecule has 218 valence electrons. The molecular weight excluding hydrogens is 566 g/mol. The number of para-hydroxylation sites is 1. The number of hydrogen-bond donors (Lipinski definition) is 4. The van der Waals surface area contributed by atoms with Crippen LogP contribution in [0.25, 0.3) is 22.0 Å². The first-order valence-corrected chi connectivity index (χ1v) is 14.8. The summed E-state index contributed by atoms with van der Waals surface area (Å²) >= 11 is 0. The van der Waals surface area contributed by atoms with Gasteiger partial charge >= 0.3 is 0 Å². The third-order valence-corrected chi connectivity index (χ3v) is 7.42. The highest BCUT2D eigenvalue weighted by atomic mass is 32.2. The fourth-order valence-corrected chi connectivity index (χ4v) is 5.54. The number of anilines is 1. The Morgan fingerprint density at radius 2 is 1.90 bits per heavy atom. The van der Waals surface area contributed by atoms with Gasteiger partial charge in [0.2, 0.25) is 15.9 Å². The van der Waals surface area contributed by atoms with Gasteiger partial charge in [0.15, 0.2) is 11.4 Å². The summed E-state index contributed by atoms with van der Waals surface area (Å²) in [4.78, 5) is 17.0. The SMILES string of the molecule is Cn1nc(NS(C)(=O)=O)c2cccc(-c3ccc(C#CC4(O)CNC4)nc3[C@H](CC(N)=O)Cc3cc(F)cc(F)c3)c21. The number of nitrogens with two attached hydrogens (primary N) is 1. The lowest BCUT2D eigenvalue weighted by Crippen LogP contribution is -2.58. The number of primary amides is 1. The Morgan fingerprint density at radius 3 is 2.52 bits per heavy atom. The Balaban J connectivity index is 1.70. The molecule has 0 aliphatic carbocycles. The predicted molar refractivity (Wildman–Crippen MR) is 154 cm³/mol. The average Bonchev–Trinajstić information content (AvgIpc) is 3.18. The highest BCUT2D eigenvalue weighted by molar-refractivity contribution is 7.92. The number of benzene rings is 2. The van der Waals surface area contributed by atoms with Crippen LogP contribution >= 0.6 is 0 Å². The molecule has 42 heavy (non-hydrogen) atoms. The maximum Gasteiger partial charge on any atom is 0.231 e. The molecule has 3 heterocycles. The Bertz CT molecular complexity index is 1860. The van der Waals surface area contributed by atoms with Crippen LogP contribution in [-0.4, -0.2) is 59.1 Å². The number of rotatable bonds is 8. The molecule has 13 heteroatoms. The van der Waals surface area contributed by atoms with E-state index in [0.717, 1.165) is 12.3 Å². The van der Waals surface area contributed by atoms with E-state index < -0.39 is 39.1 Å². The summed E-state index contributed by atoms with van der Waals surface area (Å²) in [5.74, 6) is 2.97. The molecule has 1 amide bonds. The number of halogens is 2. The lowest BCUT2D eigenvalue weighted by molar-refractivity contribution is -0.118. The Kier molecular flexibility index (Phi) is 7.72. The molecule has 5 rings (SSSR count). The van der Waals surface area contributed by atoms with Gasteiger partial charge in [-0.15, -0.1) is 0 Å². The zero-order chi connectivity index (χ0) is 30.2. The number of aliphatic hydroxyl groups is 1. The van der Waals surface area contributed by atoms with E-state index in [4.69, 9.17) is 10.7 Å². The Hall–Kier alpha value is -4.38. The largest absolute Gasteiger partial charge is 0.375 e. The van der Waals surface area contributed by atoms with Crippen LogP contribution in [0.15, 0.2) is 48.5 Å². The van der Waals surface area contributed by atoms with Crippen molar-refractivity contribution in [2.75, 3.05) is 24.1 Å². The summed E-state index contributed by atoms with van der Waals surface area (Å²) < 4.78 is 56.1. The minimum atomic E-state index is -3.62. The van der Waals surface area contributed by atoms with Crippen molar-refractivity contribution < 1.29 is 27.1 Å². The molecule has 5 N–H and O–H groups in total. The van der Waals surface area contributed by atoms with Crippen molar-refractivity contribution in [3.05, 3.63) is 77.1 Å². The quantitative estimate of drug-likeness (QED) is 0.228. The molecule has 0 bridgehead atoms. The first-order valence-electron chi connectivity index (χ1n) is 12.9. The monoisotopic (exact) mass is 594 g/mol. The summed E-state index contributed by atoms with van der Waals surface area (Å²) in [6.45, 7) is 0.624. The summed E-state index contributed by atoms with van der Waals surface area (Å²) in [6.07, 6.45) is 0.870. The normalized spacial score (nSPS) is 15.0. The first-order chi connectivity index (χ1) is 19.8. The van der Waals surface area contributed by atoms with Gasteiger partial charge in [0.1, 0.15) is 17.3 Å². The van der Waals surface area contributed by atoms with Crippen LogP contribution in [0.2, 0.25) is 0 Å². The molecule has 10 nitrogen and oxygen atoms in total. The van der Waals surface area contributed by atoms with Crippen LogP contribution < -0.4 is 15.8 Å². The minimum Gasteiger partial charge on any atom is -0.375 e. The van der Waals surface area contributed by atoms with Gasteiger partial charge in [0.05, 0.1) is 17.5 Å². The van der Waals surface area contributed by atoms with E-state index in [2.05, 4.69) is 27.0 Å². The van der Waals surface area contributed by atoms with Crippen LogP contribution in [0.1, 0.15) is 29.3 Å². The predicted octanol–water partition coefficient (Wildman–Crippen LogP) is 2.17. The molecule has 1 fully saturated rings. The molecule has 1 saturated heterocycles. The molecule has 1 atom stereocenters. The molecule has 0 radical (unpaired) electrons. The van der Waals surface area contributed by atoms with Crippen LogP contribution in [0.5, 0.6) is 0 Å². The topological polar surface area (TPSA) is 152 Å². The second-order valence-electron chi connectivity index (χ2n) is 10.4. The number of nitrogens with one attached hydrogen (secondary N) is 2. The van der Waals surface area contributed by atoms with Gasteiger partial charge in [-0.3, -0.25) is 14.2 Å². The molecule has 4 aromatic rings. The second-order valence-corrected chi connectivity index (χ2v) is 12.2. The van der Waals surface area contributed by atoms with Crippen molar-refractivity contribution in [1.82, 2.24) is 20.1 Å². The summed E-state index contributed by atoms with van der Waals surface area (Å²) in [7, 11) is -1.96. The van der Waals surface area contributed by atoms with Gasteiger partial charge in [-0.05, 0) is 48.2 Å². The maximum atomic E-state index is 14.1. The molecular formula is C29H28F2N6O4S. The molecule has 0 saturated carbocycles. The van der Waals surface area contributed by atoms with Crippen LogP contribution in [0.3, 0.4) is 0 Å². The molecule has 1 aliphatic heterocycles. The summed E-state index contributed by atoms with van der Waals surface area (Å²) in [5.41, 5.74) is 7.20. The number of aryl methyl sites for hydroxylation is 1. The van der Waals surface area contributed by atoms with Crippen molar-refractivity contribution >= 4 is 32.7 Å². The smallest absolute Gasteiger partial charge is 0.231 e. The molecule has 2 aromatic heterocycles. The molecule has 0 spiro atoms. The van der Waals surface area contributed by atoms with E-state index in [1.807, 2.05) is 0 Å². The van der Waals surface area contributed by atoms with Crippen LogP contribution in [0.4, 0.5) is 14.6 Å². The van der Waals surface area contributed by atoms with E-state index in [1.165, 1.54) is 16.8 Å². The second kappa shape index (κ2) is 11.1. The molecule has 0 unspecified atom stereocenters. The van der Waals surface area contributed by atoms with E-state index >= 15 is 0 Å². The number of β-amino-alcohol motifs (C(OH)–C–C–N with tert-alkyl or cyclic N) is 1. The van der Waals surface area contributed by atoms with Gasteiger partial charge < -0.3 is 16.2 Å². The maximum absolute atomic E-state index is 14.1. The third kappa shape index (κ3) is 6.41. The number of nitrogens with zero attached hydrogens (tertiary/aromatic N) is 3. The fraction of sp³-hybridized carbons (Fsp3) is 0.276. The van der Waals surface area contributed by atoms with E-state index in [-0.39, 0.29) is 18.7 Å². The number of sulfonamides is 1. The van der Waals surface area contributed by atoms with Crippen molar-refractivity contribution in [3.8, 4) is 23.0 Å². The standard InChI is InChI=1S/C29H28F2N6O4S/c1-37-27-23(4-3-5-24(27)28(35-37)36-42(2,40)41)22-7-6-21(8-9-29(39)15-33-16-29)34-26(22)18(13-25(32)38)10-17-11-19(30)14-20(31)12-17/h3-7,11-12,14,18,33,39H,10,13,15-16H2,1-2H3,(H2,32,38)(H,35,36)/t18-/m0/s1. The zero-order valence-corrected chi connectivity index (χ0v) is 23.6. The fourth-order valence-electron chi connectivity index (χ4n) is 5.04. The number of fused-ring (bicyclic) bond motifs is 1. The van der Waals surface area contributed by atoms with Crippen molar-refractivity contribution in [2.45, 2.75) is 24.4 Å². The Morgan fingerprint density at radius 1 is 1.19 bits per heavy atom. The van der Waals surface area contributed by atoms with Gasteiger partial charge in [-0.2, -0.15) is 5.10 Å². The van der Waals surface area contributed by atoms with Gasteiger partial charge in [-0.1, -0.05) is 18.1 Å². The highest BCUT2D eigenvalue weighted by Gasteiger charge is 2.32. The van der Waals surface area contributed by atoms with Gasteiger partial charge in [0.25, 0.3) is 0 Å². The first kappa shape index (κ1) is 29.1. The van der Waals surface area contributed by atoms with E-state index in [0.29, 0.717) is 52.1 Å². The third-order valence-electron chi connectivity index (χ3n) is 6.86. The Labute approximate surface area is 241 Å². The van der Waals surface area contributed by atoms with Crippen molar-refractivity contribution in [3.63, 3.8) is 0 Å².